The van der Waals surface area contributed by atoms with E-state index in [1.165, 1.54) is 18.5 Å². The summed E-state index contributed by atoms with van der Waals surface area (Å²) in [6.45, 7) is 0. The lowest BCUT2D eigenvalue weighted by Gasteiger charge is -2.09. The molecule has 1 aromatic carbocycles. The van der Waals surface area contributed by atoms with E-state index in [0.29, 0.717) is 4.47 Å². The molecule has 0 atom stereocenters. The van der Waals surface area contributed by atoms with E-state index in [4.69, 9.17) is 0 Å². The minimum absolute atomic E-state index is 0.128. The van der Waals surface area contributed by atoms with Crippen molar-refractivity contribution in [2.75, 3.05) is 4.72 Å². The zero-order chi connectivity index (χ0) is 15.6. The molecule has 2 rings (SSSR count). The molecule has 0 saturated heterocycles. The summed E-state index contributed by atoms with van der Waals surface area (Å²) in [6, 6.07) is 4.21. The Hall–Kier alpha value is -2.07. The zero-order valence-electron chi connectivity index (χ0n) is 10.2. The Bertz CT molecular complexity index is 813. The molecule has 10 heteroatoms. The SMILES string of the molecule is O=[N+]([O-])c1c(F)cccc1S(=O)(=O)Nc1ccncc1Br. The topological polar surface area (TPSA) is 102 Å². The number of rotatable bonds is 4. The van der Waals surface area contributed by atoms with Crippen molar-refractivity contribution < 1.29 is 17.7 Å². The van der Waals surface area contributed by atoms with Gasteiger partial charge < -0.3 is 0 Å². The molecule has 0 amide bonds. The van der Waals surface area contributed by atoms with Crippen LogP contribution in [0.4, 0.5) is 15.8 Å². The second-order valence-corrected chi connectivity index (χ2v) is 6.31. The Morgan fingerprint density at radius 1 is 1.33 bits per heavy atom. The largest absolute Gasteiger partial charge is 0.325 e. The average molecular weight is 376 g/mol. The predicted molar refractivity (Wildman–Crippen MR) is 75.8 cm³/mol. The van der Waals surface area contributed by atoms with Crippen LogP contribution in [0.3, 0.4) is 0 Å². The van der Waals surface area contributed by atoms with Gasteiger partial charge in [-0.2, -0.15) is 4.39 Å². The molecule has 7 nitrogen and oxygen atoms in total. The summed E-state index contributed by atoms with van der Waals surface area (Å²) in [4.78, 5) is 12.8. The van der Waals surface area contributed by atoms with Gasteiger partial charge in [-0.1, -0.05) is 6.07 Å². The molecule has 0 aliphatic carbocycles. The summed E-state index contributed by atoms with van der Waals surface area (Å²) in [7, 11) is -4.32. The minimum Gasteiger partial charge on any atom is -0.278 e. The molecule has 1 heterocycles. The summed E-state index contributed by atoms with van der Waals surface area (Å²) >= 11 is 3.09. The number of anilines is 1. The summed E-state index contributed by atoms with van der Waals surface area (Å²) in [5.74, 6) is -1.23. The lowest BCUT2D eigenvalue weighted by Crippen LogP contribution is -2.15. The van der Waals surface area contributed by atoms with E-state index in [1.807, 2.05) is 0 Å². The first-order valence-corrected chi connectivity index (χ1v) is 7.66. The van der Waals surface area contributed by atoms with Gasteiger partial charge in [0.05, 0.1) is 15.1 Å². The number of para-hydroxylation sites is 1. The number of benzene rings is 1. The van der Waals surface area contributed by atoms with Crippen LogP contribution in [-0.2, 0) is 10.0 Å². The standard InChI is InChI=1S/C11H7BrFN3O4S/c12-7-6-14-5-4-9(7)15-21(19,20)10-3-1-2-8(13)11(10)16(17)18/h1-6H,(H,14,15). The Morgan fingerprint density at radius 3 is 2.67 bits per heavy atom. The molecule has 0 fully saturated rings. The Kier molecular flexibility index (Phi) is 4.19. The molecule has 110 valence electrons. The number of halogens is 2. The number of pyridine rings is 1. The number of sulfonamides is 1. The molecular formula is C11H7BrFN3O4S. The van der Waals surface area contributed by atoms with Crippen molar-refractivity contribution in [2.24, 2.45) is 0 Å². The number of aromatic nitrogens is 1. The molecule has 21 heavy (non-hydrogen) atoms. The second kappa shape index (κ2) is 5.74. The molecule has 0 aliphatic heterocycles. The summed E-state index contributed by atoms with van der Waals surface area (Å²) < 4.78 is 40.4. The van der Waals surface area contributed by atoms with Gasteiger partial charge in [0.25, 0.3) is 10.0 Å². The van der Waals surface area contributed by atoms with E-state index < -0.39 is 31.3 Å². The minimum atomic E-state index is -4.32. The highest BCUT2D eigenvalue weighted by Gasteiger charge is 2.29. The van der Waals surface area contributed by atoms with Crippen molar-refractivity contribution >= 4 is 37.3 Å². The highest BCUT2D eigenvalue weighted by Crippen LogP contribution is 2.30. The first-order valence-electron chi connectivity index (χ1n) is 5.38. The van der Waals surface area contributed by atoms with Crippen molar-refractivity contribution in [3.8, 4) is 0 Å². The lowest BCUT2D eigenvalue weighted by molar-refractivity contribution is -0.390. The molecule has 0 unspecified atom stereocenters. The number of nitrogens with zero attached hydrogens (tertiary/aromatic N) is 2. The van der Waals surface area contributed by atoms with Crippen LogP contribution in [0.1, 0.15) is 0 Å². The van der Waals surface area contributed by atoms with Crippen molar-refractivity contribution in [1.29, 1.82) is 0 Å². The maximum absolute atomic E-state index is 13.5. The van der Waals surface area contributed by atoms with Gasteiger partial charge in [0, 0.05) is 12.4 Å². The predicted octanol–water partition coefficient (Wildman–Crippen LogP) is 2.69. The molecule has 0 spiro atoms. The third-order valence-electron chi connectivity index (χ3n) is 2.44. The molecule has 2 aromatic rings. The van der Waals surface area contributed by atoms with Gasteiger partial charge in [-0.15, -0.1) is 0 Å². The molecule has 0 bridgehead atoms. The van der Waals surface area contributed by atoms with Crippen molar-refractivity contribution in [2.45, 2.75) is 4.90 Å². The number of nitro groups is 1. The van der Waals surface area contributed by atoms with E-state index >= 15 is 0 Å². The van der Waals surface area contributed by atoms with E-state index in [9.17, 15) is 22.9 Å². The third-order valence-corrected chi connectivity index (χ3v) is 4.47. The van der Waals surface area contributed by atoms with E-state index in [2.05, 4.69) is 25.6 Å². The van der Waals surface area contributed by atoms with E-state index in [1.54, 1.807) is 0 Å². The Labute approximate surface area is 127 Å². The first kappa shape index (κ1) is 15.3. The Morgan fingerprint density at radius 2 is 2.05 bits per heavy atom. The fraction of sp³-hybridized carbons (Fsp3) is 0. The highest BCUT2D eigenvalue weighted by molar-refractivity contribution is 9.10. The van der Waals surface area contributed by atoms with Crippen LogP contribution in [0.5, 0.6) is 0 Å². The monoisotopic (exact) mass is 375 g/mol. The fourth-order valence-electron chi connectivity index (χ4n) is 1.55. The van der Waals surface area contributed by atoms with Crippen LogP contribution < -0.4 is 4.72 Å². The summed E-state index contributed by atoms with van der Waals surface area (Å²) in [5, 5.41) is 10.9. The van der Waals surface area contributed by atoms with Gasteiger partial charge in [-0.05, 0) is 34.1 Å². The van der Waals surface area contributed by atoms with Crippen LogP contribution >= 0.6 is 15.9 Å². The van der Waals surface area contributed by atoms with Gasteiger partial charge in [0.2, 0.25) is 5.82 Å². The van der Waals surface area contributed by atoms with Crippen LogP contribution in [0.15, 0.2) is 46.0 Å². The van der Waals surface area contributed by atoms with Crippen molar-refractivity contribution in [3.05, 3.63) is 57.1 Å². The number of nitro benzene ring substituents is 1. The Balaban J connectivity index is 2.53. The zero-order valence-corrected chi connectivity index (χ0v) is 12.6. The molecular weight excluding hydrogens is 369 g/mol. The normalized spacial score (nSPS) is 11.1. The highest BCUT2D eigenvalue weighted by atomic mass is 79.9. The molecule has 0 radical (unpaired) electrons. The molecule has 0 aliphatic rings. The smallest absolute Gasteiger partial charge is 0.278 e. The van der Waals surface area contributed by atoms with E-state index in [0.717, 1.165) is 18.2 Å². The van der Waals surface area contributed by atoms with Crippen LogP contribution in [0.25, 0.3) is 0 Å². The number of hydrogen-bond acceptors (Lipinski definition) is 5. The number of nitrogens with one attached hydrogen (secondary N) is 1. The molecule has 1 aromatic heterocycles. The first-order chi connectivity index (χ1) is 9.83. The van der Waals surface area contributed by atoms with Crippen molar-refractivity contribution in [1.82, 2.24) is 4.98 Å². The quantitative estimate of drug-likeness (QED) is 0.653. The summed E-state index contributed by atoms with van der Waals surface area (Å²) in [5.41, 5.74) is -0.973. The average Bonchev–Trinajstić information content (AvgIpc) is 2.40. The van der Waals surface area contributed by atoms with Gasteiger partial charge in [0.1, 0.15) is 0 Å². The summed E-state index contributed by atoms with van der Waals surface area (Å²) in [6.07, 6.45) is 2.68. The van der Waals surface area contributed by atoms with Gasteiger partial charge in [0.15, 0.2) is 4.90 Å². The second-order valence-electron chi connectivity index (χ2n) is 3.80. The van der Waals surface area contributed by atoms with Crippen molar-refractivity contribution in [3.63, 3.8) is 0 Å². The van der Waals surface area contributed by atoms with Gasteiger partial charge in [-0.25, -0.2) is 8.42 Å². The molecule has 1 N–H and O–H groups in total. The number of hydrogen-bond donors (Lipinski definition) is 1. The third kappa shape index (κ3) is 3.16. The van der Waals surface area contributed by atoms with Crippen LogP contribution in [-0.4, -0.2) is 18.3 Å². The lowest BCUT2D eigenvalue weighted by atomic mass is 10.3. The van der Waals surface area contributed by atoms with Gasteiger partial charge >= 0.3 is 5.69 Å². The van der Waals surface area contributed by atoms with Crippen LogP contribution in [0.2, 0.25) is 0 Å². The maximum atomic E-state index is 13.5. The maximum Gasteiger partial charge on any atom is 0.325 e. The van der Waals surface area contributed by atoms with E-state index in [-0.39, 0.29) is 5.69 Å². The molecule has 0 saturated carbocycles. The van der Waals surface area contributed by atoms with Gasteiger partial charge in [-0.3, -0.25) is 19.8 Å². The fourth-order valence-corrected chi connectivity index (χ4v) is 3.29. The van der Waals surface area contributed by atoms with Crippen LogP contribution in [0, 0.1) is 15.9 Å².